The number of ether oxygens (including phenoxy) is 2. The van der Waals surface area contributed by atoms with Crippen molar-refractivity contribution in [3.63, 3.8) is 0 Å². The summed E-state index contributed by atoms with van der Waals surface area (Å²) in [7, 11) is 0. The van der Waals surface area contributed by atoms with Crippen LogP contribution in [0.25, 0.3) is 17.2 Å². The van der Waals surface area contributed by atoms with Gasteiger partial charge in [0.05, 0.1) is 24.7 Å². The first kappa shape index (κ1) is 23.5. The van der Waals surface area contributed by atoms with Gasteiger partial charge in [-0.2, -0.15) is 0 Å². The molecule has 1 amide bonds. The largest absolute Gasteiger partial charge is 0.493 e. The minimum absolute atomic E-state index is 0.200. The van der Waals surface area contributed by atoms with Crippen LogP contribution in [0.15, 0.2) is 41.3 Å². The van der Waals surface area contributed by atoms with Crippen molar-refractivity contribution in [1.82, 2.24) is 10.2 Å². The molecule has 2 aromatic rings. The van der Waals surface area contributed by atoms with Crippen molar-refractivity contribution in [1.29, 1.82) is 0 Å². The van der Waals surface area contributed by atoms with Gasteiger partial charge in [-0.15, -0.1) is 0 Å². The van der Waals surface area contributed by atoms with E-state index in [0.717, 1.165) is 56.0 Å². The van der Waals surface area contributed by atoms with Gasteiger partial charge in [-0.3, -0.25) is 9.69 Å². The maximum absolute atomic E-state index is 12.2. The first-order chi connectivity index (χ1) is 15.5. The van der Waals surface area contributed by atoms with Crippen LogP contribution in [0.2, 0.25) is 10.0 Å². The van der Waals surface area contributed by atoms with E-state index in [2.05, 4.69) is 10.2 Å². The standard InChI is InChI=1S/C23H22Cl2N2O3S2/c24-18-11-16(12-19(25)14-18)15-2-3-20(30-7-1-4-27-5-8-29-9-6-27)17(10-15)13-21-22(28)26-23(31)32-21/h2-3,10-14H,1,4-9H2,(H,26,28,31)/b21-13-. The van der Waals surface area contributed by atoms with E-state index in [0.29, 0.717) is 31.6 Å². The van der Waals surface area contributed by atoms with Crippen molar-refractivity contribution >= 4 is 63.5 Å². The Kier molecular flexibility index (Phi) is 8.10. The summed E-state index contributed by atoms with van der Waals surface area (Å²) in [5.74, 6) is 0.511. The molecule has 0 spiro atoms. The number of benzene rings is 2. The number of thiocarbonyl (C=S) groups is 1. The summed E-state index contributed by atoms with van der Waals surface area (Å²) in [6.07, 6.45) is 2.72. The topological polar surface area (TPSA) is 50.8 Å². The molecule has 0 atom stereocenters. The zero-order valence-corrected chi connectivity index (χ0v) is 20.4. The Balaban J connectivity index is 1.55. The van der Waals surface area contributed by atoms with Crippen LogP contribution < -0.4 is 10.1 Å². The minimum atomic E-state index is -0.200. The van der Waals surface area contributed by atoms with Gasteiger partial charge < -0.3 is 14.8 Å². The zero-order valence-electron chi connectivity index (χ0n) is 17.2. The van der Waals surface area contributed by atoms with Crippen LogP contribution in [0.4, 0.5) is 0 Å². The molecule has 2 heterocycles. The van der Waals surface area contributed by atoms with Gasteiger partial charge in [0.15, 0.2) is 0 Å². The molecule has 0 aliphatic carbocycles. The van der Waals surface area contributed by atoms with Crippen LogP contribution >= 0.6 is 47.2 Å². The highest BCUT2D eigenvalue weighted by molar-refractivity contribution is 8.26. The number of carbonyl (C=O) groups is 1. The lowest BCUT2D eigenvalue weighted by atomic mass is 10.0. The monoisotopic (exact) mass is 508 g/mol. The van der Waals surface area contributed by atoms with Gasteiger partial charge in [0.2, 0.25) is 0 Å². The maximum atomic E-state index is 12.2. The molecule has 2 fully saturated rings. The lowest BCUT2D eigenvalue weighted by molar-refractivity contribution is -0.115. The SMILES string of the molecule is O=C1NC(=S)S/C1=C\c1cc(-c2cc(Cl)cc(Cl)c2)ccc1OCCCN1CCOCC1. The number of hydrogen-bond donors (Lipinski definition) is 1. The van der Waals surface area contributed by atoms with Gasteiger partial charge >= 0.3 is 0 Å². The second kappa shape index (κ2) is 11.0. The first-order valence-electron chi connectivity index (χ1n) is 10.3. The molecule has 4 rings (SSSR count). The fraction of sp³-hybridized carbons (Fsp3) is 0.304. The average Bonchev–Trinajstić information content (AvgIpc) is 3.08. The molecular formula is C23H22Cl2N2O3S2. The number of thioether (sulfide) groups is 1. The third-order valence-electron chi connectivity index (χ3n) is 5.11. The van der Waals surface area contributed by atoms with Crippen LogP contribution in [-0.4, -0.2) is 54.6 Å². The normalized spacial score (nSPS) is 18.2. The molecule has 5 nitrogen and oxygen atoms in total. The van der Waals surface area contributed by atoms with E-state index in [-0.39, 0.29) is 5.91 Å². The summed E-state index contributed by atoms with van der Waals surface area (Å²) in [5.41, 5.74) is 2.61. The smallest absolute Gasteiger partial charge is 0.263 e. The fourth-order valence-corrected chi connectivity index (χ4v) is 5.11. The Bertz CT molecular complexity index is 1040. The van der Waals surface area contributed by atoms with Crippen molar-refractivity contribution in [3.8, 4) is 16.9 Å². The molecule has 2 aliphatic rings. The molecule has 2 saturated heterocycles. The van der Waals surface area contributed by atoms with E-state index in [1.807, 2.05) is 36.4 Å². The molecular weight excluding hydrogens is 487 g/mol. The van der Waals surface area contributed by atoms with Gasteiger partial charge in [0.25, 0.3) is 5.91 Å². The van der Waals surface area contributed by atoms with E-state index in [1.54, 1.807) is 6.07 Å². The number of amides is 1. The Morgan fingerprint density at radius 1 is 1.12 bits per heavy atom. The lowest BCUT2D eigenvalue weighted by Crippen LogP contribution is -2.37. The average molecular weight is 509 g/mol. The van der Waals surface area contributed by atoms with E-state index in [9.17, 15) is 4.79 Å². The van der Waals surface area contributed by atoms with Gasteiger partial charge in [0.1, 0.15) is 10.1 Å². The summed E-state index contributed by atoms with van der Waals surface area (Å²) >= 11 is 18.7. The van der Waals surface area contributed by atoms with E-state index < -0.39 is 0 Å². The number of rotatable bonds is 7. The molecule has 0 radical (unpaired) electrons. The molecule has 168 valence electrons. The Hall–Kier alpha value is -1.61. The van der Waals surface area contributed by atoms with E-state index in [1.165, 1.54) is 11.8 Å². The van der Waals surface area contributed by atoms with Gasteiger partial charge in [-0.05, 0) is 54.0 Å². The number of halogens is 2. The van der Waals surface area contributed by atoms with Gasteiger partial charge in [-0.1, -0.05) is 53.2 Å². The molecule has 2 aliphatic heterocycles. The Morgan fingerprint density at radius 2 is 1.88 bits per heavy atom. The second-order valence-corrected chi connectivity index (χ2v) is 10.0. The van der Waals surface area contributed by atoms with E-state index >= 15 is 0 Å². The molecule has 32 heavy (non-hydrogen) atoms. The predicted octanol–water partition coefficient (Wildman–Crippen LogP) is 5.25. The molecule has 0 aromatic heterocycles. The second-order valence-electron chi connectivity index (χ2n) is 7.42. The lowest BCUT2D eigenvalue weighted by Gasteiger charge is -2.26. The molecule has 0 saturated carbocycles. The summed E-state index contributed by atoms with van der Waals surface area (Å²) in [6, 6.07) is 11.3. The van der Waals surface area contributed by atoms with Crippen LogP contribution in [0.1, 0.15) is 12.0 Å². The number of hydrogen-bond acceptors (Lipinski definition) is 6. The fourth-order valence-electron chi connectivity index (χ4n) is 3.55. The van der Waals surface area contributed by atoms with Crippen molar-refractivity contribution in [2.75, 3.05) is 39.5 Å². The molecule has 2 aromatic carbocycles. The van der Waals surface area contributed by atoms with Crippen LogP contribution in [0, 0.1) is 0 Å². The Morgan fingerprint density at radius 3 is 2.56 bits per heavy atom. The summed E-state index contributed by atoms with van der Waals surface area (Å²) in [4.78, 5) is 15.1. The van der Waals surface area contributed by atoms with Gasteiger partial charge in [0, 0.05) is 35.2 Å². The van der Waals surface area contributed by atoms with Gasteiger partial charge in [-0.25, -0.2) is 0 Å². The molecule has 0 bridgehead atoms. The highest BCUT2D eigenvalue weighted by Gasteiger charge is 2.23. The first-order valence-corrected chi connectivity index (χ1v) is 12.2. The maximum Gasteiger partial charge on any atom is 0.263 e. The third-order valence-corrected chi connectivity index (χ3v) is 6.71. The van der Waals surface area contributed by atoms with Crippen molar-refractivity contribution in [3.05, 3.63) is 56.9 Å². The Labute approximate surface area is 207 Å². The number of carbonyl (C=O) groups excluding carboxylic acids is 1. The van der Waals surface area contributed by atoms with Crippen LogP contribution in [0.5, 0.6) is 5.75 Å². The summed E-state index contributed by atoms with van der Waals surface area (Å²) < 4.78 is 12.0. The highest BCUT2D eigenvalue weighted by Crippen LogP contribution is 2.34. The number of nitrogens with one attached hydrogen (secondary N) is 1. The van der Waals surface area contributed by atoms with E-state index in [4.69, 9.17) is 44.9 Å². The predicted molar refractivity (Wildman–Crippen MR) is 136 cm³/mol. The van der Waals surface area contributed by atoms with Crippen molar-refractivity contribution < 1.29 is 14.3 Å². The quantitative estimate of drug-likeness (QED) is 0.313. The summed E-state index contributed by atoms with van der Waals surface area (Å²) in [6.45, 7) is 5.03. The number of nitrogens with zero attached hydrogens (tertiary/aromatic N) is 1. The third kappa shape index (κ3) is 6.25. The molecule has 9 heteroatoms. The summed E-state index contributed by atoms with van der Waals surface area (Å²) in [5, 5.41) is 3.78. The highest BCUT2D eigenvalue weighted by atomic mass is 35.5. The van der Waals surface area contributed by atoms with Crippen LogP contribution in [0.3, 0.4) is 0 Å². The number of morpholine rings is 1. The van der Waals surface area contributed by atoms with Crippen molar-refractivity contribution in [2.45, 2.75) is 6.42 Å². The minimum Gasteiger partial charge on any atom is -0.493 e. The van der Waals surface area contributed by atoms with Crippen molar-refractivity contribution in [2.24, 2.45) is 0 Å². The molecule has 0 unspecified atom stereocenters. The van der Waals surface area contributed by atoms with Crippen LogP contribution in [-0.2, 0) is 9.53 Å². The zero-order chi connectivity index (χ0) is 22.5. The molecule has 1 N–H and O–H groups in total.